The van der Waals surface area contributed by atoms with Crippen molar-refractivity contribution in [1.82, 2.24) is 4.31 Å². The van der Waals surface area contributed by atoms with Crippen LogP contribution in [-0.2, 0) is 21.3 Å². The van der Waals surface area contributed by atoms with E-state index < -0.39 is 10.0 Å². The topological polar surface area (TPSA) is 59.8 Å². The van der Waals surface area contributed by atoms with Gasteiger partial charge >= 0.3 is 0 Å². The molecule has 0 amide bonds. The molecule has 0 atom stereocenters. The van der Waals surface area contributed by atoms with Crippen molar-refractivity contribution >= 4 is 16.1 Å². The summed E-state index contributed by atoms with van der Waals surface area (Å²) in [4.78, 5) is 0. The lowest BCUT2D eigenvalue weighted by atomic mass is 10.2. The highest BCUT2D eigenvalue weighted by Crippen LogP contribution is 2.13. The Labute approximate surface area is 137 Å². The zero-order valence-electron chi connectivity index (χ0n) is 13.3. The average Bonchev–Trinajstić information content (AvgIpc) is 3.04. The number of nitrogens with zero attached hydrogens (tertiary/aromatic N) is 1. The van der Waals surface area contributed by atoms with E-state index in [4.69, 9.17) is 9.15 Å². The SMILES string of the molecule is COCCN(Cc1ccoc1)S(=O)(=O)/C=C/c1ccc(C)cc1. The molecule has 0 saturated heterocycles. The minimum Gasteiger partial charge on any atom is -0.472 e. The van der Waals surface area contributed by atoms with E-state index in [-0.39, 0.29) is 13.1 Å². The minimum absolute atomic E-state index is 0.250. The van der Waals surface area contributed by atoms with Crippen LogP contribution in [0.4, 0.5) is 0 Å². The van der Waals surface area contributed by atoms with E-state index in [0.717, 1.165) is 16.7 Å². The van der Waals surface area contributed by atoms with Crippen LogP contribution in [0.2, 0.25) is 0 Å². The maximum atomic E-state index is 12.6. The first-order valence-electron chi connectivity index (χ1n) is 7.26. The Morgan fingerprint density at radius 3 is 2.57 bits per heavy atom. The van der Waals surface area contributed by atoms with Crippen LogP contribution in [0.3, 0.4) is 0 Å². The molecule has 0 fully saturated rings. The van der Waals surface area contributed by atoms with Gasteiger partial charge in [-0.3, -0.25) is 0 Å². The molecule has 0 N–H and O–H groups in total. The smallest absolute Gasteiger partial charge is 0.236 e. The van der Waals surface area contributed by atoms with E-state index in [1.807, 2.05) is 31.2 Å². The highest BCUT2D eigenvalue weighted by atomic mass is 32.2. The molecule has 5 nitrogen and oxygen atoms in total. The van der Waals surface area contributed by atoms with Crippen molar-refractivity contribution in [2.24, 2.45) is 0 Å². The first-order chi connectivity index (χ1) is 11.0. The van der Waals surface area contributed by atoms with E-state index in [1.54, 1.807) is 25.5 Å². The van der Waals surface area contributed by atoms with Crippen LogP contribution in [-0.4, -0.2) is 33.0 Å². The molecule has 23 heavy (non-hydrogen) atoms. The summed E-state index contributed by atoms with van der Waals surface area (Å²) in [5.74, 6) is 0. The van der Waals surface area contributed by atoms with Gasteiger partial charge in [0.15, 0.2) is 0 Å². The van der Waals surface area contributed by atoms with Gasteiger partial charge in [0.05, 0.1) is 19.1 Å². The quantitative estimate of drug-likeness (QED) is 0.744. The highest BCUT2D eigenvalue weighted by molar-refractivity contribution is 7.92. The Hall–Kier alpha value is -1.89. The zero-order valence-corrected chi connectivity index (χ0v) is 14.1. The standard InChI is InChI=1S/C17H21NO4S/c1-15-3-5-16(6-4-15)8-12-23(19,20)18(9-11-21-2)13-17-7-10-22-14-17/h3-8,10,12,14H,9,11,13H2,1-2H3/b12-8+. The molecule has 2 aromatic rings. The Kier molecular flexibility index (Phi) is 6.15. The third kappa shape index (κ3) is 5.35. The second-order valence-electron chi connectivity index (χ2n) is 5.22. The molecule has 6 heteroatoms. The van der Waals surface area contributed by atoms with Crippen molar-refractivity contribution in [2.75, 3.05) is 20.3 Å². The summed E-state index contributed by atoms with van der Waals surface area (Å²) in [6.45, 7) is 2.85. The molecule has 0 bridgehead atoms. The van der Waals surface area contributed by atoms with Gasteiger partial charge in [0.1, 0.15) is 0 Å². The van der Waals surface area contributed by atoms with Crippen molar-refractivity contribution in [3.63, 3.8) is 0 Å². The Bertz CT molecular complexity index is 718. The Morgan fingerprint density at radius 1 is 1.22 bits per heavy atom. The number of ether oxygens (including phenoxy) is 1. The molecule has 0 aliphatic carbocycles. The summed E-state index contributed by atoms with van der Waals surface area (Å²) in [5.41, 5.74) is 2.77. The number of aryl methyl sites for hydroxylation is 1. The molecule has 0 radical (unpaired) electrons. The van der Waals surface area contributed by atoms with E-state index in [0.29, 0.717) is 6.61 Å². The van der Waals surface area contributed by atoms with Gasteiger partial charge in [0, 0.05) is 31.2 Å². The predicted molar refractivity (Wildman–Crippen MR) is 90.1 cm³/mol. The Balaban J connectivity index is 2.15. The highest BCUT2D eigenvalue weighted by Gasteiger charge is 2.19. The van der Waals surface area contributed by atoms with E-state index in [1.165, 1.54) is 16.0 Å². The van der Waals surface area contributed by atoms with Gasteiger partial charge in [-0.05, 0) is 24.6 Å². The molecule has 0 aliphatic heterocycles. The maximum Gasteiger partial charge on any atom is 0.236 e. The third-order valence-electron chi connectivity index (χ3n) is 3.35. The summed E-state index contributed by atoms with van der Waals surface area (Å²) in [6.07, 6.45) is 4.67. The minimum atomic E-state index is -3.55. The first kappa shape index (κ1) is 17.5. The van der Waals surface area contributed by atoms with Crippen molar-refractivity contribution < 1.29 is 17.6 Å². The lowest BCUT2D eigenvalue weighted by molar-refractivity contribution is 0.178. The normalized spacial score (nSPS) is 12.3. The number of benzene rings is 1. The summed E-state index contributed by atoms with van der Waals surface area (Å²) in [7, 11) is -2.00. The van der Waals surface area contributed by atoms with Gasteiger partial charge in [0.2, 0.25) is 10.0 Å². The fourth-order valence-electron chi connectivity index (χ4n) is 2.00. The number of rotatable bonds is 8. The van der Waals surface area contributed by atoms with Crippen LogP contribution >= 0.6 is 0 Å². The zero-order chi connectivity index (χ0) is 16.7. The van der Waals surface area contributed by atoms with Crippen LogP contribution < -0.4 is 0 Å². The first-order valence-corrected chi connectivity index (χ1v) is 8.76. The molecule has 2 rings (SSSR count). The summed E-state index contributed by atoms with van der Waals surface area (Å²) in [5, 5.41) is 1.23. The fourth-order valence-corrected chi connectivity index (χ4v) is 3.16. The number of hydrogen-bond donors (Lipinski definition) is 0. The molecular formula is C17H21NO4S. The summed E-state index contributed by atoms with van der Waals surface area (Å²) >= 11 is 0. The Morgan fingerprint density at radius 2 is 1.96 bits per heavy atom. The fraction of sp³-hybridized carbons (Fsp3) is 0.294. The molecule has 1 heterocycles. The monoisotopic (exact) mass is 335 g/mol. The van der Waals surface area contributed by atoms with Gasteiger partial charge < -0.3 is 9.15 Å². The van der Waals surface area contributed by atoms with Crippen LogP contribution in [0.1, 0.15) is 16.7 Å². The van der Waals surface area contributed by atoms with Gasteiger partial charge in [-0.25, -0.2) is 8.42 Å². The van der Waals surface area contributed by atoms with Crippen LogP contribution in [0.5, 0.6) is 0 Å². The molecule has 1 aromatic carbocycles. The van der Waals surface area contributed by atoms with Crippen LogP contribution in [0, 0.1) is 6.92 Å². The number of methoxy groups -OCH3 is 1. The van der Waals surface area contributed by atoms with Crippen LogP contribution in [0.25, 0.3) is 6.08 Å². The van der Waals surface area contributed by atoms with E-state index >= 15 is 0 Å². The summed E-state index contributed by atoms with van der Waals surface area (Å²) < 4.78 is 36.5. The molecule has 124 valence electrons. The molecule has 1 aromatic heterocycles. The second kappa shape index (κ2) is 8.10. The van der Waals surface area contributed by atoms with E-state index in [2.05, 4.69) is 0 Å². The van der Waals surface area contributed by atoms with Gasteiger partial charge in [0.25, 0.3) is 0 Å². The van der Waals surface area contributed by atoms with Crippen LogP contribution in [0.15, 0.2) is 52.7 Å². The number of furan rings is 1. The molecule has 0 aliphatic rings. The van der Waals surface area contributed by atoms with Crippen molar-refractivity contribution in [1.29, 1.82) is 0 Å². The molecule has 0 unspecified atom stereocenters. The molecule has 0 spiro atoms. The number of sulfonamides is 1. The lowest BCUT2D eigenvalue weighted by Gasteiger charge is -2.19. The predicted octanol–water partition coefficient (Wildman–Crippen LogP) is 3.04. The van der Waals surface area contributed by atoms with Gasteiger partial charge in [-0.1, -0.05) is 29.8 Å². The van der Waals surface area contributed by atoms with Crippen molar-refractivity contribution in [3.05, 3.63) is 65.0 Å². The number of hydrogen-bond acceptors (Lipinski definition) is 4. The largest absolute Gasteiger partial charge is 0.472 e. The van der Waals surface area contributed by atoms with Crippen molar-refractivity contribution in [2.45, 2.75) is 13.5 Å². The van der Waals surface area contributed by atoms with Gasteiger partial charge in [-0.2, -0.15) is 4.31 Å². The third-order valence-corrected chi connectivity index (χ3v) is 4.87. The maximum absolute atomic E-state index is 12.6. The molecule has 0 saturated carbocycles. The average molecular weight is 335 g/mol. The summed E-state index contributed by atoms with van der Waals surface area (Å²) in [6, 6.07) is 9.41. The van der Waals surface area contributed by atoms with Gasteiger partial charge in [-0.15, -0.1) is 0 Å². The molecular weight excluding hydrogens is 314 g/mol. The second-order valence-corrected chi connectivity index (χ2v) is 7.03. The lowest BCUT2D eigenvalue weighted by Crippen LogP contribution is -2.31. The van der Waals surface area contributed by atoms with E-state index in [9.17, 15) is 8.42 Å². The van der Waals surface area contributed by atoms with Crippen molar-refractivity contribution in [3.8, 4) is 0 Å².